The highest BCUT2D eigenvalue weighted by molar-refractivity contribution is 5.90. The third-order valence-corrected chi connectivity index (χ3v) is 3.72. The number of rotatable bonds is 2. The smallest absolute Gasteiger partial charge is 0.338 e. The Kier molecular flexibility index (Phi) is 3.58. The SMILES string of the molecule is COC(=O)c1ccnc(N2CCCC3(C2)OCCO3)c1. The van der Waals surface area contributed by atoms with Crippen molar-refractivity contribution in [2.24, 2.45) is 0 Å². The van der Waals surface area contributed by atoms with E-state index in [1.54, 1.807) is 18.3 Å². The van der Waals surface area contributed by atoms with E-state index in [0.29, 0.717) is 25.3 Å². The topological polar surface area (TPSA) is 60.9 Å². The van der Waals surface area contributed by atoms with Crippen molar-refractivity contribution < 1.29 is 19.0 Å². The third-order valence-electron chi connectivity index (χ3n) is 3.72. The van der Waals surface area contributed by atoms with Crippen LogP contribution in [0.2, 0.25) is 0 Å². The second-order valence-electron chi connectivity index (χ2n) is 5.03. The molecule has 0 atom stereocenters. The van der Waals surface area contributed by atoms with Crippen molar-refractivity contribution >= 4 is 11.8 Å². The van der Waals surface area contributed by atoms with Gasteiger partial charge in [0.25, 0.3) is 0 Å². The second-order valence-corrected chi connectivity index (χ2v) is 5.03. The number of ether oxygens (including phenoxy) is 3. The lowest BCUT2D eigenvalue weighted by molar-refractivity contribution is -0.161. The number of aromatic nitrogens is 1. The van der Waals surface area contributed by atoms with Crippen molar-refractivity contribution in [2.45, 2.75) is 18.6 Å². The number of hydrogen-bond donors (Lipinski definition) is 0. The number of carbonyl (C=O) groups excluding carboxylic acids is 1. The Morgan fingerprint density at radius 3 is 3.00 bits per heavy atom. The lowest BCUT2D eigenvalue weighted by Gasteiger charge is -2.39. The largest absolute Gasteiger partial charge is 0.465 e. The zero-order chi connectivity index (χ0) is 14.0. The Morgan fingerprint density at radius 2 is 2.25 bits per heavy atom. The average Bonchev–Trinajstić information content (AvgIpc) is 2.94. The van der Waals surface area contributed by atoms with Crippen molar-refractivity contribution in [2.75, 3.05) is 38.3 Å². The van der Waals surface area contributed by atoms with E-state index in [4.69, 9.17) is 14.2 Å². The highest BCUT2D eigenvalue weighted by atomic mass is 16.7. The summed E-state index contributed by atoms with van der Waals surface area (Å²) >= 11 is 0. The van der Waals surface area contributed by atoms with Gasteiger partial charge in [0.15, 0.2) is 5.79 Å². The molecule has 0 aliphatic carbocycles. The zero-order valence-corrected chi connectivity index (χ0v) is 11.5. The quantitative estimate of drug-likeness (QED) is 0.758. The minimum atomic E-state index is -0.499. The highest BCUT2D eigenvalue weighted by Gasteiger charge is 2.41. The summed E-state index contributed by atoms with van der Waals surface area (Å²) in [4.78, 5) is 18.0. The number of hydrogen-bond acceptors (Lipinski definition) is 6. The van der Waals surface area contributed by atoms with Crippen molar-refractivity contribution in [1.29, 1.82) is 0 Å². The lowest BCUT2D eigenvalue weighted by atomic mass is 10.0. The van der Waals surface area contributed by atoms with Crippen LogP contribution in [0.15, 0.2) is 18.3 Å². The Balaban J connectivity index is 1.80. The fraction of sp³-hybridized carbons (Fsp3) is 0.571. The van der Waals surface area contributed by atoms with E-state index in [9.17, 15) is 4.79 Å². The molecular weight excluding hydrogens is 260 g/mol. The minimum Gasteiger partial charge on any atom is -0.465 e. The first-order chi connectivity index (χ1) is 9.72. The molecule has 1 aromatic heterocycles. The first-order valence-electron chi connectivity index (χ1n) is 6.80. The summed E-state index contributed by atoms with van der Waals surface area (Å²) in [5, 5.41) is 0. The Hall–Kier alpha value is -1.66. The van der Waals surface area contributed by atoms with Gasteiger partial charge in [-0.2, -0.15) is 0 Å². The van der Waals surface area contributed by atoms with Gasteiger partial charge in [-0.3, -0.25) is 0 Å². The molecule has 0 N–H and O–H groups in total. The molecule has 0 bridgehead atoms. The second kappa shape index (κ2) is 5.38. The number of carbonyl (C=O) groups is 1. The van der Waals surface area contributed by atoms with Crippen LogP contribution in [0.4, 0.5) is 5.82 Å². The predicted octanol–water partition coefficient (Wildman–Crippen LogP) is 1.21. The van der Waals surface area contributed by atoms with Gasteiger partial charge in [-0.05, 0) is 18.6 Å². The van der Waals surface area contributed by atoms with Gasteiger partial charge in [-0.25, -0.2) is 9.78 Å². The van der Waals surface area contributed by atoms with Gasteiger partial charge < -0.3 is 19.1 Å². The molecule has 0 radical (unpaired) electrons. The van der Waals surface area contributed by atoms with Crippen molar-refractivity contribution in [3.63, 3.8) is 0 Å². The molecule has 20 heavy (non-hydrogen) atoms. The number of methoxy groups -OCH3 is 1. The maximum Gasteiger partial charge on any atom is 0.338 e. The first-order valence-corrected chi connectivity index (χ1v) is 6.80. The van der Waals surface area contributed by atoms with Crippen molar-refractivity contribution in [1.82, 2.24) is 4.98 Å². The van der Waals surface area contributed by atoms with E-state index < -0.39 is 5.79 Å². The summed E-state index contributed by atoms with van der Waals surface area (Å²) < 4.78 is 16.2. The fourth-order valence-corrected chi connectivity index (χ4v) is 2.75. The molecule has 1 spiro atoms. The van der Waals surface area contributed by atoms with Crippen LogP contribution in [-0.4, -0.2) is 50.2 Å². The van der Waals surface area contributed by atoms with Crippen LogP contribution in [0, 0.1) is 0 Å². The molecule has 0 saturated carbocycles. The zero-order valence-electron chi connectivity index (χ0n) is 11.5. The van der Waals surface area contributed by atoms with E-state index in [2.05, 4.69) is 9.88 Å². The van der Waals surface area contributed by atoms with E-state index in [1.807, 2.05) is 0 Å². The molecule has 2 fully saturated rings. The van der Waals surface area contributed by atoms with E-state index >= 15 is 0 Å². The fourth-order valence-electron chi connectivity index (χ4n) is 2.75. The normalized spacial score (nSPS) is 21.1. The third kappa shape index (κ3) is 2.48. The number of anilines is 1. The lowest BCUT2D eigenvalue weighted by Crippen LogP contribution is -2.49. The number of piperidine rings is 1. The summed E-state index contributed by atoms with van der Waals surface area (Å²) in [5.74, 6) is -0.0962. The van der Waals surface area contributed by atoms with Crippen LogP contribution in [-0.2, 0) is 14.2 Å². The summed E-state index contributed by atoms with van der Waals surface area (Å²) in [6.45, 7) is 2.81. The molecule has 1 aromatic rings. The highest BCUT2D eigenvalue weighted by Crippen LogP contribution is 2.32. The van der Waals surface area contributed by atoms with E-state index in [1.165, 1.54) is 7.11 Å². The number of esters is 1. The molecule has 2 saturated heterocycles. The minimum absolute atomic E-state index is 0.353. The van der Waals surface area contributed by atoms with Gasteiger partial charge in [0.05, 0.1) is 32.4 Å². The monoisotopic (exact) mass is 278 g/mol. The number of nitrogens with zero attached hydrogens (tertiary/aromatic N) is 2. The van der Waals surface area contributed by atoms with Gasteiger partial charge in [0.1, 0.15) is 5.82 Å². The molecule has 108 valence electrons. The molecular formula is C14H18N2O4. The molecule has 6 heteroatoms. The molecule has 3 rings (SSSR count). The van der Waals surface area contributed by atoms with Crippen LogP contribution in [0.25, 0.3) is 0 Å². The molecule has 0 amide bonds. The average molecular weight is 278 g/mol. The van der Waals surface area contributed by atoms with Crippen LogP contribution in [0.5, 0.6) is 0 Å². The van der Waals surface area contributed by atoms with Gasteiger partial charge in [0.2, 0.25) is 0 Å². The standard InChI is InChI=1S/C14H18N2O4/c1-18-13(17)11-3-5-15-12(9-11)16-6-2-4-14(10-16)19-7-8-20-14/h3,5,9H,2,4,6-8,10H2,1H3. The molecule has 6 nitrogen and oxygen atoms in total. The van der Waals surface area contributed by atoms with Crippen LogP contribution >= 0.6 is 0 Å². The van der Waals surface area contributed by atoms with Crippen molar-refractivity contribution in [3.8, 4) is 0 Å². The number of pyridine rings is 1. The molecule has 0 unspecified atom stereocenters. The van der Waals surface area contributed by atoms with E-state index in [-0.39, 0.29) is 5.97 Å². The first kappa shape index (κ1) is 13.3. The van der Waals surface area contributed by atoms with E-state index in [0.717, 1.165) is 25.2 Å². The van der Waals surface area contributed by atoms with Gasteiger partial charge in [-0.15, -0.1) is 0 Å². The molecule has 2 aliphatic heterocycles. The van der Waals surface area contributed by atoms with Gasteiger partial charge in [0, 0.05) is 19.2 Å². The molecule has 3 heterocycles. The van der Waals surface area contributed by atoms with Crippen molar-refractivity contribution in [3.05, 3.63) is 23.9 Å². The summed E-state index contributed by atoms with van der Waals surface area (Å²) in [7, 11) is 1.37. The van der Waals surface area contributed by atoms with Crippen LogP contribution in [0.1, 0.15) is 23.2 Å². The maximum absolute atomic E-state index is 11.6. The van der Waals surface area contributed by atoms with Crippen LogP contribution in [0.3, 0.4) is 0 Å². The molecule has 2 aliphatic rings. The Bertz CT molecular complexity index is 500. The van der Waals surface area contributed by atoms with Crippen LogP contribution < -0.4 is 4.90 Å². The Morgan fingerprint density at radius 1 is 1.45 bits per heavy atom. The van der Waals surface area contributed by atoms with Gasteiger partial charge >= 0.3 is 5.97 Å². The summed E-state index contributed by atoms with van der Waals surface area (Å²) in [5.41, 5.74) is 0.505. The summed E-state index contributed by atoms with van der Waals surface area (Å²) in [6, 6.07) is 3.40. The van der Waals surface area contributed by atoms with Gasteiger partial charge in [-0.1, -0.05) is 0 Å². The summed E-state index contributed by atoms with van der Waals surface area (Å²) in [6.07, 6.45) is 3.50. The maximum atomic E-state index is 11.6. The Labute approximate surface area is 117 Å². The molecule has 0 aromatic carbocycles. The predicted molar refractivity (Wildman–Crippen MR) is 71.7 cm³/mol.